The van der Waals surface area contributed by atoms with Crippen LogP contribution in [0.2, 0.25) is 0 Å². The molecule has 1 aliphatic carbocycles. The molecule has 0 aromatic carbocycles. The van der Waals surface area contributed by atoms with Crippen molar-refractivity contribution >= 4 is 0 Å². The van der Waals surface area contributed by atoms with Gasteiger partial charge in [-0.2, -0.15) is 0 Å². The van der Waals surface area contributed by atoms with E-state index in [1.54, 1.807) is 0 Å². The lowest BCUT2D eigenvalue weighted by molar-refractivity contribution is 0.682. The van der Waals surface area contributed by atoms with Gasteiger partial charge in [-0.3, -0.25) is 0 Å². The third kappa shape index (κ3) is 0.959. The van der Waals surface area contributed by atoms with E-state index in [4.69, 9.17) is 5.73 Å². The first-order valence-electron chi connectivity index (χ1n) is 3.99. The zero-order chi connectivity index (χ0) is 7.90. The van der Waals surface area contributed by atoms with Crippen molar-refractivity contribution in [2.75, 3.05) is 6.54 Å². The van der Waals surface area contributed by atoms with E-state index in [-0.39, 0.29) is 5.41 Å². The summed E-state index contributed by atoms with van der Waals surface area (Å²) in [5.41, 5.74) is 7.15. The standard InChI is InChI=1S/C8H13N3/c1-6-10-4-7(11-6)8(5-9)2-3-8/h4H,2-3,5,9H2,1H3,(H,10,11). The average molecular weight is 151 g/mol. The van der Waals surface area contributed by atoms with Crippen LogP contribution in [0.25, 0.3) is 0 Å². The Hall–Kier alpha value is -0.830. The summed E-state index contributed by atoms with van der Waals surface area (Å²) in [6.07, 6.45) is 4.34. The highest BCUT2D eigenvalue weighted by molar-refractivity contribution is 5.23. The van der Waals surface area contributed by atoms with Crippen molar-refractivity contribution < 1.29 is 0 Å². The Morgan fingerprint density at radius 2 is 2.45 bits per heavy atom. The van der Waals surface area contributed by atoms with Crippen LogP contribution >= 0.6 is 0 Å². The lowest BCUT2D eigenvalue weighted by Crippen LogP contribution is -2.19. The molecular formula is C8H13N3. The highest BCUT2D eigenvalue weighted by Crippen LogP contribution is 2.46. The normalized spacial score (nSPS) is 20.2. The third-order valence-corrected chi connectivity index (χ3v) is 2.52. The fraction of sp³-hybridized carbons (Fsp3) is 0.625. The van der Waals surface area contributed by atoms with Crippen LogP contribution in [0.1, 0.15) is 24.4 Å². The molecule has 1 aromatic heterocycles. The van der Waals surface area contributed by atoms with Crippen molar-refractivity contribution in [1.82, 2.24) is 9.97 Å². The molecule has 0 aliphatic heterocycles. The smallest absolute Gasteiger partial charge is 0.103 e. The fourth-order valence-electron chi connectivity index (χ4n) is 1.42. The van der Waals surface area contributed by atoms with E-state index in [2.05, 4.69) is 9.97 Å². The summed E-state index contributed by atoms with van der Waals surface area (Å²) in [7, 11) is 0. The first kappa shape index (κ1) is 6.85. The molecule has 1 heterocycles. The van der Waals surface area contributed by atoms with Crippen LogP contribution in [0.3, 0.4) is 0 Å². The molecule has 0 unspecified atom stereocenters. The zero-order valence-corrected chi connectivity index (χ0v) is 6.72. The molecule has 0 saturated heterocycles. The molecule has 3 nitrogen and oxygen atoms in total. The second kappa shape index (κ2) is 2.08. The van der Waals surface area contributed by atoms with E-state index in [0.29, 0.717) is 0 Å². The van der Waals surface area contributed by atoms with E-state index in [9.17, 15) is 0 Å². The Bertz CT molecular complexity index is 260. The second-order valence-electron chi connectivity index (χ2n) is 3.37. The van der Waals surface area contributed by atoms with Crippen molar-refractivity contribution in [3.05, 3.63) is 17.7 Å². The first-order chi connectivity index (χ1) is 5.27. The quantitative estimate of drug-likeness (QED) is 0.654. The molecule has 1 fully saturated rings. The van der Waals surface area contributed by atoms with Gasteiger partial charge < -0.3 is 10.7 Å². The van der Waals surface area contributed by atoms with Crippen molar-refractivity contribution in [3.8, 4) is 0 Å². The number of hydrogen-bond donors (Lipinski definition) is 2. The number of rotatable bonds is 2. The molecule has 1 aliphatic rings. The Morgan fingerprint density at radius 1 is 1.73 bits per heavy atom. The van der Waals surface area contributed by atoms with Crippen molar-refractivity contribution in [2.45, 2.75) is 25.2 Å². The number of H-pyrrole nitrogens is 1. The third-order valence-electron chi connectivity index (χ3n) is 2.52. The molecule has 0 spiro atoms. The summed E-state index contributed by atoms with van der Waals surface area (Å²) >= 11 is 0. The Balaban J connectivity index is 2.29. The van der Waals surface area contributed by atoms with Gasteiger partial charge in [0.2, 0.25) is 0 Å². The van der Waals surface area contributed by atoms with Crippen LogP contribution in [0.5, 0.6) is 0 Å². The van der Waals surface area contributed by atoms with Crippen molar-refractivity contribution in [3.63, 3.8) is 0 Å². The van der Waals surface area contributed by atoms with Gasteiger partial charge in [0, 0.05) is 23.9 Å². The van der Waals surface area contributed by atoms with Gasteiger partial charge in [-0.1, -0.05) is 0 Å². The van der Waals surface area contributed by atoms with E-state index < -0.39 is 0 Å². The topological polar surface area (TPSA) is 54.7 Å². The van der Waals surface area contributed by atoms with Crippen LogP contribution < -0.4 is 5.73 Å². The molecule has 3 heteroatoms. The number of aromatic nitrogens is 2. The van der Waals surface area contributed by atoms with Gasteiger partial charge in [-0.05, 0) is 19.8 Å². The van der Waals surface area contributed by atoms with E-state index in [1.165, 1.54) is 18.5 Å². The molecule has 0 bridgehead atoms. The lowest BCUT2D eigenvalue weighted by atomic mass is 10.0. The summed E-state index contributed by atoms with van der Waals surface area (Å²) in [6, 6.07) is 0. The largest absolute Gasteiger partial charge is 0.346 e. The molecule has 60 valence electrons. The monoisotopic (exact) mass is 151 g/mol. The highest BCUT2D eigenvalue weighted by atomic mass is 14.9. The maximum Gasteiger partial charge on any atom is 0.103 e. The molecule has 0 radical (unpaired) electrons. The number of aryl methyl sites for hydroxylation is 1. The Morgan fingerprint density at radius 3 is 2.82 bits per heavy atom. The summed E-state index contributed by atoms with van der Waals surface area (Å²) < 4.78 is 0. The molecule has 0 atom stereocenters. The summed E-state index contributed by atoms with van der Waals surface area (Å²) in [5, 5.41) is 0. The zero-order valence-electron chi connectivity index (χ0n) is 6.72. The predicted octanol–water partition coefficient (Wildman–Crippen LogP) is 0.708. The van der Waals surface area contributed by atoms with Crippen LogP contribution in [0.15, 0.2) is 6.20 Å². The molecule has 11 heavy (non-hydrogen) atoms. The maximum absolute atomic E-state index is 5.66. The number of nitrogens with two attached hydrogens (primary N) is 1. The Labute approximate surface area is 66.0 Å². The number of imidazole rings is 1. The van der Waals surface area contributed by atoms with E-state index >= 15 is 0 Å². The van der Waals surface area contributed by atoms with Gasteiger partial charge in [-0.15, -0.1) is 0 Å². The van der Waals surface area contributed by atoms with Gasteiger partial charge in [0.15, 0.2) is 0 Å². The summed E-state index contributed by atoms with van der Waals surface area (Å²) in [5.74, 6) is 0.986. The van der Waals surface area contributed by atoms with Crippen molar-refractivity contribution in [2.24, 2.45) is 5.73 Å². The molecule has 1 saturated carbocycles. The van der Waals surface area contributed by atoms with E-state index in [0.717, 1.165) is 12.4 Å². The van der Waals surface area contributed by atoms with Gasteiger partial charge in [0.05, 0.1) is 0 Å². The first-order valence-corrected chi connectivity index (χ1v) is 3.99. The maximum atomic E-state index is 5.66. The van der Waals surface area contributed by atoms with Crippen LogP contribution in [0, 0.1) is 6.92 Å². The SMILES string of the molecule is Cc1ncc(C2(CN)CC2)[nH]1. The Kier molecular flexibility index (Phi) is 1.29. The highest BCUT2D eigenvalue weighted by Gasteiger charge is 2.44. The number of nitrogens with zero attached hydrogens (tertiary/aromatic N) is 1. The lowest BCUT2D eigenvalue weighted by Gasteiger charge is -2.07. The fourth-order valence-corrected chi connectivity index (χ4v) is 1.42. The minimum Gasteiger partial charge on any atom is -0.346 e. The minimum atomic E-state index is 0.265. The average Bonchev–Trinajstić information content (AvgIpc) is 2.70. The van der Waals surface area contributed by atoms with Gasteiger partial charge in [-0.25, -0.2) is 4.98 Å². The molecule has 1 aromatic rings. The number of aromatic amines is 1. The minimum absolute atomic E-state index is 0.265. The van der Waals surface area contributed by atoms with Crippen LogP contribution in [-0.4, -0.2) is 16.5 Å². The van der Waals surface area contributed by atoms with Gasteiger partial charge >= 0.3 is 0 Å². The molecule has 2 rings (SSSR count). The van der Waals surface area contributed by atoms with E-state index in [1.807, 2.05) is 13.1 Å². The summed E-state index contributed by atoms with van der Waals surface area (Å²) in [4.78, 5) is 7.40. The van der Waals surface area contributed by atoms with Gasteiger partial charge in [0.25, 0.3) is 0 Å². The van der Waals surface area contributed by atoms with Crippen LogP contribution in [-0.2, 0) is 5.41 Å². The second-order valence-corrected chi connectivity index (χ2v) is 3.37. The number of nitrogens with one attached hydrogen (secondary N) is 1. The van der Waals surface area contributed by atoms with Crippen molar-refractivity contribution in [1.29, 1.82) is 0 Å². The predicted molar refractivity (Wildman–Crippen MR) is 43.3 cm³/mol. The van der Waals surface area contributed by atoms with Gasteiger partial charge in [0.1, 0.15) is 5.82 Å². The summed E-state index contributed by atoms with van der Waals surface area (Å²) in [6.45, 7) is 2.71. The molecule has 3 N–H and O–H groups in total. The molecule has 0 amide bonds. The van der Waals surface area contributed by atoms with Crippen LogP contribution in [0.4, 0.5) is 0 Å². The number of hydrogen-bond acceptors (Lipinski definition) is 2. The molecular weight excluding hydrogens is 138 g/mol.